The minimum Gasteiger partial charge on any atom is -0.393 e. The minimum atomic E-state index is -0.0772. The molecule has 0 amide bonds. The van der Waals surface area contributed by atoms with E-state index in [0.29, 0.717) is 17.6 Å². The first-order valence-electron chi connectivity index (χ1n) is 9.45. The maximum absolute atomic E-state index is 12.2. The quantitative estimate of drug-likeness (QED) is 0.668. The summed E-state index contributed by atoms with van der Waals surface area (Å²) < 4.78 is 0.911. The van der Waals surface area contributed by atoms with E-state index >= 15 is 0 Å². The summed E-state index contributed by atoms with van der Waals surface area (Å²) in [5.74, 6) is 2.58. The third-order valence-corrected chi connectivity index (χ3v) is 10.1. The Bertz CT molecular complexity index is 640. The Morgan fingerprint density at radius 2 is 1.91 bits per heavy atom. The molecule has 0 radical (unpaired) electrons. The first-order valence-corrected chi connectivity index (χ1v) is 10.2. The predicted molar refractivity (Wildman–Crippen MR) is 93.0 cm³/mol. The lowest BCUT2D eigenvalue weighted by molar-refractivity contribution is -0.120. The van der Waals surface area contributed by atoms with Crippen molar-refractivity contribution in [1.82, 2.24) is 0 Å². The average Bonchev–Trinajstić information content (AvgIpc) is 3.17. The lowest BCUT2D eigenvalue weighted by Gasteiger charge is -2.59. The summed E-state index contributed by atoms with van der Waals surface area (Å²) in [4.78, 5) is 12.2. The zero-order chi connectivity index (χ0) is 16.2. The molecule has 0 aromatic carbocycles. The van der Waals surface area contributed by atoms with Crippen molar-refractivity contribution in [3.05, 3.63) is 10.1 Å². The number of hydrogen-bond donors (Lipinski definition) is 1. The van der Waals surface area contributed by atoms with Gasteiger partial charge in [-0.1, -0.05) is 13.8 Å². The number of rotatable bonds is 0. The standard InChI is InChI=1S/C20H27BrO2/c1-18-7-6-15(22)17(21)14(18)4-3-13-12(18)5-8-19(2)16(23)9-11-10-20(11,13)19/h11-13,16,23H,3-10H2,1-2H3/t11-,12?,13?,16-,18+,19+,20+/m0/s1. The molecule has 0 aromatic heterocycles. The zero-order valence-electron chi connectivity index (χ0n) is 14.2. The lowest BCUT2D eigenvalue weighted by atomic mass is 9.45. The van der Waals surface area contributed by atoms with Gasteiger partial charge in [0.25, 0.3) is 0 Å². The Kier molecular flexibility index (Phi) is 2.85. The van der Waals surface area contributed by atoms with Gasteiger partial charge in [0.2, 0.25) is 0 Å². The SMILES string of the molecule is C[C@]12CCC(=O)C(Br)=C1CCC1C2CC[C@]2(C)[C@@H](O)C[C@H]3C[C@]132. The fourth-order valence-corrected chi connectivity index (χ4v) is 8.70. The van der Waals surface area contributed by atoms with Crippen LogP contribution in [0.3, 0.4) is 0 Å². The second kappa shape index (κ2) is 4.33. The van der Waals surface area contributed by atoms with Crippen LogP contribution in [0.15, 0.2) is 10.1 Å². The van der Waals surface area contributed by atoms with Gasteiger partial charge in [-0.2, -0.15) is 0 Å². The Morgan fingerprint density at radius 3 is 2.70 bits per heavy atom. The summed E-state index contributed by atoms with van der Waals surface area (Å²) in [6, 6.07) is 0. The van der Waals surface area contributed by atoms with E-state index in [2.05, 4.69) is 29.8 Å². The number of carbonyl (C=O) groups excluding carboxylic acids is 1. The molecular formula is C20H27BrO2. The normalized spacial score (nSPS) is 57.5. The monoisotopic (exact) mass is 378 g/mol. The maximum atomic E-state index is 12.2. The molecule has 4 fully saturated rings. The molecule has 126 valence electrons. The molecule has 1 spiro atoms. The molecule has 4 saturated carbocycles. The van der Waals surface area contributed by atoms with Crippen LogP contribution >= 0.6 is 15.9 Å². The van der Waals surface area contributed by atoms with E-state index in [0.717, 1.165) is 41.5 Å². The highest BCUT2D eigenvalue weighted by Gasteiger charge is 2.77. The second-order valence-electron chi connectivity index (χ2n) is 9.53. The van der Waals surface area contributed by atoms with Crippen LogP contribution in [0.1, 0.15) is 65.2 Å². The molecule has 0 saturated heterocycles. The van der Waals surface area contributed by atoms with Crippen LogP contribution in [0.4, 0.5) is 0 Å². The molecule has 23 heavy (non-hydrogen) atoms. The van der Waals surface area contributed by atoms with E-state index < -0.39 is 0 Å². The fourth-order valence-electron chi connectivity index (χ4n) is 7.85. The van der Waals surface area contributed by atoms with Gasteiger partial charge >= 0.3 is 0 Å². The predicted octanol–water partition coefficient (Wildman–Crippen LogP) is 4.60. The van der Waals surface area contributed by atoms with Crippen LogP contribution in [0, 0.1) is 34.0 Å². The van der Waals surface area contributed by atoms with Crippen molar-refractivity contribution in [3.8, 4) is 0 Å². The highest BCUT2D eigenvalue weighted by Crippen LogP contribution is 2.82. The number of halogens is 1. The molecule has 5 aliphatic rings. The smallest absolute Gasteiger partial charge is 0.169 e. The summed E-state index contributed by atoms with van der Waals surface area (Å²) in [5, 5.41) is 10.7. The van der Waals surface area contributed by atoms with E-state index in [9.17, 15) is 9.90 Å². The molecule has 7 atom stereocenters. The molecule has 5 rings (SSSR count). The van der Waals surface area contributed by atoms with Crippen LogP contribution in [-0.4, -0.2) is 17.0 Å². The average molecular weight is 379 g/mol. The van der Waals surface area contributed by atoms with Crippen LogP contribution < -0.4 is 0 Å². The van der Waals surface area contributed by atoms with Crippen molar-refractivity contribution < 1.29 is 9.90 Å². The van der Waals surface area contributed by atoms with E-state index in [1.807, 2.05) is 0 Å². The van der Waals surface area contributed by atoms with Gasteiger partial charge in [-0.15, -0.1) is 0 Å². The van der Waals surface area contributed by atoms with Crippen molar-refractivity contribution in [2.75, 3.05) is 0 Å². The van der Waals surface area contributed by atoms with Gasteiger partial charge in [-0.25, -0.2) is 0 Å². The molecule has 2 unspecified atom stereocenters. The fraction of sp³-hybridized carbons (Fsp3) is 0.850. The van der Waals surface area contributed by atoms with Crippen LogP contribution in [-0.2, 0) is 4.79 Å². The van der Waals surface area contributed by atoms with Crippen molar-refractivity contribution in [2.24, 2.45) is 34.0 Å². The Hall–Kier alpha value is -0.150. The van der Waals surface area contributed by atoms with Crippen molar-refractivity contribution in [1.29, 1.82) is 0 Å². The van der Waals surface area contributed by atoms with E-state index in [1.165, 1.54) is 31.3 Å². The maximum Gasteiger partial charge on any atom is 0.169 e. The lowest BCUT2D eigenvalue weighted by Crippen LogP contribution is -2.53. The van der Waals surface area contributed by atoms with Crippen molar-refractivity contribution in [3.63, 3.8) is 0 Å². The molecule has 1 N–H and O–H groups in total. The number of carbonyl (C=O) groups is 1. The van der Waals surface area contributed by atoms with Crippen LogP contribution in [0.2, 0.25) is 0 Å². The first kappa shape index (κ1) is 15.1. The van der Waals surface area contributed by atoms with Crippen molar-refractivity contribution in [2.45, 2.75) is 71.3 Å². The number of fused-ring (bicyclic) bond motifs is 3. The van der Waals surface area contributed by atoms with Gasteiger partial charge in [-0.3, -0.25) is 4.79 Å². The van der Waals surface area contributed by atoms with Gasteiger partial charge in [-0.05, 0) is 100 Å². The summed E-state index contributed by atoms with van der Waals surface area (Å²) in [5.41, 5.74) is 2.23. The molecule has 5 aliphatic carbocycles. The third-order valence-electron chi connectivity index (χ3n) is 9.18. The molecule has 0 aliphatic heterocycles. The summed E-state index contributed by atoms with van der Waals surface area (Å²) >= 11 is 3.64. The molecule has 0 heterocycles. The van der Waals surface area contributed by atoms with Gasteiger partial charge in [0.05, 0.1) is 10.6 Å². The number of aliphatic hydroxyl groups excluding tert-OH is 1. The highest BCUT2D eigenvalue weighted by molar-refractivity contribution is 9.12. The third kappa shape index (κ3) is 1.54. The van der Waals surface area contributed by atoms with Gasteiger partial charge in [0.1, 0.15) is 0 Å². The number of allylic oxidation sites excluding steroid dienone is 1. The largest absolute Gasteiger partial charge is 0.393 e. The first-order chi connectivity index (χ1) is 10.8. The number of hydrogen-bond acceptors (Lipinski definition) is 2. The van der Waals surface area contributed by atoms with Crippen LogP contribution in [0.5, 0.6) is 0 Å². The molecule has 3 heteroatoms. The Labute approximate surface area is 147 Å². The van der Waals surface area contributed by atoms with Gasteiger partial charge in [0, 0.05) is 6.42 Å². The van der Waals surface area contributed by atoms with Gasteiger partial charge < -0.3 is 5.11 Å². The van der Waals surface area contributed by atoms with Crippen LogP contribution in [0.25, 0.3) is 0 Å². The Morgan fingerprint density at radius 1 is 1.13 bits per heavy atom. The number of ketones is 1. The van der Waals surface area contributed by atoms with E-state index in [1.54, 1.807) is 0 Å². The van der Waals surface area contributed by atoms with Crippen molar-refractivity contribution >= 4 is 21.7 Å². The number of Topliss-reactive ketones (excluding diaryl/α,β-unsaturated/α-hetero) is 1. The second-order valence-corrected chi connectivity index (χ2v) is 10.3. The molecule has 0 aromatic rings. The van der Waals surface area contributed by atoms with Gasteiger partial charge in [0.15, 0.2) is 5.78 Å². The molecule has 0 bridgehead atoms. The molecular weight excluding hydrogens is 352 g/mol. The van der Waals surface area contributed by atoms with E-state index in [-0.39, 0.29) is 16.9 Å². The summed E-state index contributed by atoms with van der Waals surface area (Å²) in [6.07, 6.45) is 8.81. The summed E-state index contributed by atoms with van der Waals surface area (Å²) in [6.45, 7) is 4.82. The highest BCUT2D eigenvalue weighted by atomic mass is 79.9. The topological polar surface area (TPSA) is 37.3 Å². The summed E-state index contributed by atoms with van der Waals surface area (Å²) in [7, 11) is 0. The molecule has 2 nitrogen and oxygen atoms in total. The zero-order valence-corrected chi connectivity index (χ0v) is 15.8. The Balaban J connectivity index is 1.59. The number of aliphatic hydroxyl groups is 1. The minimum absolute atomic E-state index is 0.0772. The van der Waals surface area contributed by atoms with E-state index in [4.69, 9.17) is 0 Å².